The van der Waals surface area contributed by atoms with E-state index in [0.717, 1.165) is 42.4 Å². The predicted octanol–water partition coefficient (Wildman–Crippen LogP) is 2.54. The fraction of sp³-hybridized carbons (Fsp3) is 0.312. The van der Waals surface area contributed by atoms with Crippen LogP contribution < -0.4 is 15.4 Å². The third-order valence-electron chi connectivity index (χ3n) is 3.70. The number of nitrogen functional groups attached to an aromatic ring is 1. The zero-order chi connectivity index (χ0) is 14.1. The molecule has 0 amide bonds. The van der Waals surface area contributed by atoms with Gasteiger partial charge in [0, 0.05) is 20.0 Å². The third kappa shape index (κ3) is 2.41. The molecule has 4 heteroatoms. The second-order valence-corrected chi connectivity index (χ2v) is 5.30. The van der Waals surface area contributed by atoms with Crippen LogP contribution in [0.2, 0.25) is 0 Å². The lowest BCUT2D eigenvalue weighted by Gasteiger charge is -2.19. The fourth-order valence-electron chi connectivity index (χ4n) is 2.45. The molecule has 1 aliphatic heterocycles. The molecule has 20 heavy (non-hydrogen) atoms. The highest BCUT2D eigenvalue weighted by molar-refractivity contribution is 5.52. The number of pyridine rings is 1. The first-order chi connectivity index (χ1) is 9.63. The fourth-order valence-corrected chi connectivity index (χ4v) is 2.45. The van der Waals surface area contributed by atoms with Gasteiger partial charge in [-0.05, 0) is 35.7 Å². The summed E-state index contributed by atoms with van der Waals surface area (Å²) in [5.74, 6) is 1.96. The molecule has 1 aromatic carbocycles. The Balaban J connectivity index is 1.78. The van der Waals surface area contributed by atoms with E-state index >= 15 is 0 Å². The Kier molecular flexibility index (Phi) is 3.22. The molecule has 2 heterocycles. The second-order valence-electron chi connectivity index (χ2n) is 5.30. The van der Waals surface area contributed by atoms with Gasteiger partial charge in [-0.3, -0.25) is 0 Å². The first kappa shape index (κ1) is 12.8. The van der Waals surface area contributed by atoms with Crippen LogP contribution in [-0.4, -0.2) is 18.6 Å². The van der Waals surface area contributed by atoms with Crippen LogP contribution in [0.4, 0.5) is 11.5 Å². The number of nitrogens with zero attached hydrogens (tertiary/aromatic N) is 2. The van der Waals surface area contributed by atoms with Crippen molar-refractivity contribution in [1.29, 1.82) is 0 Å². The largest absolute Gasteiger partial charge is 0.493 e. The summed E-state index contributed by atoms with van der Waals surface area (Å²) in [6.07, 6.45) is 2.73. The van der Waals surface area contributed by atoms with E-state index < -0.39 is 0 Å². The lowest BCUT2D eigenvalue weighted by Crippen LogP contribution is -2.18. The predicted molar refractivity (Wildman–Crippen MR) is 81.1 cm³/mol. The summed E-state index contributed by atoms with van der Waals surface area (Å²) in [5, 5.41) is 0. The molecular formula is C16H19N3O. The van der Waals surface area contributed by atoms with Gasteiger partial charge in [-0.15, -0.1) is 0 Å². The Labute approximate surface area is 119 Å². The summed E-state index contributed by atoms with van der Waals surface area (Å²) in [5.41, 5.74) is 10.2. The molecule has 104 valence electrons. The standard InChI is InChI=1S/C16H19N3O/c1-11-7-16(18-9-14(11)17)19(2)10-12-3-4-15-13(8-12)5-6-20-15/h3-4,7-9H,5-6,10,17H2,1-2H3. The molecule has 0 spiro atoms. The highest BCUT2D eigenvalue weighted by atomic mass is 16.5. The van der Waals surface area contributed by atoms with Gasteiger partial charge in [-0.25, -0.2) is 4.98 Å². The first-order valence-corrected chi connectivity index (χ1v) is 6.81. The van der Waals surface area contributed by atoms with Crippen LogP contribution in [0.1, 0.15) is 16.7 Å². The van der Waals surface area contributed by atoms with Crippen molar-refractivity contribution in [1.82, 2.24) is 4.98 Å². The van der Waals surface area contributed by atoms with Crippen molar-refractivity contribution in [3.63, 3.8) is 0 Å². The van der Waals surface area contributed by atoms with E-state index in [4.69, 9.17) is 10.5 Å². The van der Waals surface area contributed by atoms with E-state index in [1.54, 1.807) is 6.20 Å². The highest BCUT2D eigenvalue weighted by Gasteiger charge is 2.13. The molecule has 0 fully saturated rings. The Morgan fingerprint density at radius 2 is 2.20 bits per heavy atom. The molecule has 1 aliphatic rings. The van der Waals surface area contributed by atoms with E-state index in [1.807, 2.05) is 20.0 Å². The van der Waals surface area contributed by atoms with Gasteiger partial charge in [0.25, 0.3) is 0 Å². The Bertz CT molecular complexity index is 640. The number of hydrogen-bond donors (Lipinski definition) is 1. The van der Waals surface area contributed by atoms with Gasteiger partial charge < -0.3 is 15.4 Å². The van der Waals surface area contributed by atoms with Gasteiger partial charge in [0.15, 0.2) is 0 Å². The number of fused-ring (bicyclic) bond motifs is 1. The average Bonchev–Trinajstić information content (AvgIpc) is 2.89. The quantitative estimate of drug-likeness (QED) is 0.930. The van der Waals surface area contributed by atoms with Gasteiger partial charge in [0.2, 0.25) is 0 Å². The minimum atomic E-state index is 0.733. The van der Waals surface area contributed by atoms with Crippen molar-refractivity contribution >= 4 is 11.5 Å². The van der Waals surface area contributed by atoms with Crippen molar-refractivity contribution < 1.29 is 4.74 Å². The molecule has 0 atom stereocenters. The Morgan fingerprint density at radius 3 is 3.00 bits per heavy atom. The van der Waals surface area contributed by atoms with Gasteiger partial charge >= 0.3 is 0 Å². The Morgan fingerprint density at radius 1 is 1.35 bits per heavy atom. The topological polar surface area (TPSA) is 51.4 Å². The minimum absolute atomic E-state index is 0.733. The van der Waals surface area contributed by atoms with Gasteiger partial charge in [-0.2, -0.15) is 0 Å². The summed E-state index contributed by atoms with van der Waals surface area (Å²) >= 11 is 0. The summed E-state index contributed by atoms with van der Waals surface area (Å²) in [6.45, 7) is 3.62. The zero-order valence-corrected chi connectivity index (χ0v) is 11.9. The molecular weight excluding hydrogens is 250 g/mol. The van der Waals surface area contributed by atoms with Crippen LogP contribution in [0.15, 0.2) is 30.5 Å². The van der Waals surface area contributed by atoms with E-state index in [0.29, 0.717) is 0 Å². The van der Waals surface area contributed by atoms with Crippen LogP contribution in [0.25, 0.3) is 0 Å². The number of hydrogen-bond acceptors (Lipinski definition) is 4. The van der Waals surface area contributed by atoms with Crippen LogP contribution in [-0.2, 0) is 13.0 Å². The lowest BCUT2D eigenvalue weighted by molar-refractivity contribution is 0.357. The number of ether oxygens (including phenoxy) is 1. The number of aryl methyl sites for hydroxylation is 1. The molecule has 0 radical (unpaired) electrons. The minimum Gasteiger partial charge on any atom is -0.493 e. The number of anilines is 2. The zero-order valence-electron chi connectivity index (χ0n) is 11.9. The number of benzene rings is 1. The van der Waals surface area contributed by atoms with Crippen LogP contribution in [0.5, 0.6) is 5.75 Å². The first-order valence-electron chi connectivity index (χ1n) is 6.81. The Hall–Kier alpha value is -2.23. The second kappa shape index (κ2) is 5.04. The maximum atomic E-state index is 5.81. The highest BCUT2D eigenvalue weighted by Crippen LogP contribution is 2.27. The van der Waals surface area contributed by atoms with Gasteiger partial charge in [0.1, 0.15) is 11.6 Å². The average molecular weight is 269 g/mol. The van der Waals surface area contributed by atoms with Crippen LogP contribution >= 0.6 is 0 Å². The van der Waals surface area contributed by atoms with E-state index in [9.17, 15) is 0 Å². The van der Waals surface area contributed by atoms with Crippen molar-refractivity contribution in [3.05, 3.63) is 47.2 Å². The van der Waals surface area contributed by atoms with Crippen molar-refractivity contribution in [2.24, 2.45) is 0 Å². The maximum Gasteiger partial charge on any atom is 0.128 e. The number of nitrogens with two attached hydrogens (primary N) is 1. The van der Waals surface area contributed by atoms with E-state index in [1.165, 1.54) is 11.1 Å². The van der Waals surface area contributed by atoms with Gasteiger partial charge in [-0.1, -0.05) is 12.1 Å². The maximum absolute atomic E-state index is 5.81. The van der Waals surface area contributed by atoms with Gasteiger partial charge in [0.05, 0.1) is 18.5 Å². The van der Waals surface area contributed by atoms with Crippen molar-refractivity contribution in [2.75, 3.05) is 24.3 Å². The van der Waals surface area contributed by atoms with Crippen molar-refractivity contribution in [2.45, 2.75) is 19.9 Å². The van der Waals surface area contributed by atoms with E-state index in [2.05, 4.69) is 28.1 Å². The molecule has 0 saturated carbocycles. The SMILES string of the molecule is Cc1cc(N(C)Cc2ccc3c(c2)CCO3)ncc1N. The van der Waals surface area contributed by atoms with Crippen molar-refractivity contribution in [3.8, 4) is 5.75 Å². The summed E-state index contributed by atoms with van der Waals surface area (Å²) < 4.78 is 5.53. The monoisotopic (exact) mass is 269 g/mol. The molecule has 0 aliphatic carbocycles. The third-order valence-corrected chi connectivity index (χ3v) is 3.70. The summed E-state index contributed by atoms with van der Waals surface area (Å²) in [7, 11) is 2.04. The van der Waals surface area contributed by atoms with Crippen LogP contribution in [0, 0.1) is 6.92 Å². The molecule has 2 aromatic rings. The molecule has 0 unspecified atom stereocenters. The molecule has 0 bridgehead atoms. The smallest absolute Gasteiger partial charge is 0.128 e. The molecule has 4 nitrogen and oxygen atoms in total. The summed E-state index contributed by atoms with van der Waals surface area (Å²) in [4.78, 5) is 6.51. The molecule has 2 N–H and O–H groups in total. The van der Waals surface area contributed by atoms with Crippen LogP contribution in [0.3, 0.4) is 0 Å². The molecule has 1 aromatic heterocycles. The lowest BCUT2D eigenvalue weighted by atomic mass is 10.1. The summed E-state index contributed by atoms with van der Waals surface area (Å²) in [6, 6.07) is 8.42. The number of rotatable bonds is 3. The normalized spacial score (nSPS) is 12.9. The molecule has 0 saturated heterocycles. The molecule has 3 rings (SSSR count). The van der Waals surface area contributed by atoms with E-state index in [-0.39, 0.29) is 0 Å². The number of aromatic nitrogens is 1.